The lowest BCUT2D eigenvalue weighted by molar-refractivity contribution is -0.137. The van der Waals surface area contributed by atoms with Crippen LogP contribution in [0.4, 0.5) is 0 Å². The molecule has 36 heavy (non-hydrogen) atoms. The molecule has 0 heterocycles. The molecule has 0 N–H and O–H groups in total. The van der Waals surface area contributed by atoms with E-state index in [4.69, 9.17) is 0 Å². The fourth-order valence-corrected chi connectivity index (χ4v) is 6.77. The molecule has 0 unspecified atom stereocenters. The summed E-state index contributed by atoms with van der Waals surface area (Å²) in [5.74, 6) is 0.788. The fourth-order valence-electron chi connectivity index (χ4n) is 6.77. The Balaban J connectivity index is 1.45. The predicted octanol–water partition coefficient (Wildman–Crippen LogP) is 8.81. The summed E-state index contributed by atoms with van der Waals surface area (Å²) in [6.45, 7) is 8.73. The molecule has 0 aromatic carbocycles. The Morgan fingerprint density at radius 1 is 0.500 bits per heavy atom. The Morgan fingerprint density at radius 2 is 0.778 bits per heavy atom. The van der Waals surface area contributed by atoms with Crippen molar-refractivity contribution in [2.24, 2.45) is 0 Å². The largest absolute Gasteiger partial charge is 0.337 e. The Bertz CT molecular complexity index is 539. The summed E-state index contributed by atoms with van der Waals surface area (Å²) in [4.78, 5) is 30.1. The third-order valence-electron chi connectivity index (χ3n) is 8.66. The number of hydrogen-bond donors (Lipinski definition) is 0. The topological polar surface area (TPSA) is 40.6 Å². The zero-order valence-electron chi connectivity index (χ0n) is 24.6. The molecule has 0 bridgehead atoms. The lowest BCUT2D eigenvalue weighted by atomic mass is 9.93. The third-order valence-corrected chi connectivity index (χ3v) is 8.66. The first-order valence-corrected chi connectivity index (χ1v) is 16.0. The van der Waals surface area contributed by atoms with Crippen LogP contribution in [0.5, 0.6) is 0 Å². The number of rotatable bonds is 17. The monoisotopic (exact) mass is 504 g/mol. The minimum absolute atomic E-state index is 0.338. The van der Waals surface area contributed by atoms with Gasteiger partial charge in [0.25, 0.3) is 0 Å². The van der Waals surface area contributed by atoms with Crippen molar-refractivity contribution in [1.29, 1.82) is 0 Å². The van der Waals surface area contributed by atoms with Crippen molar-refractivity contribution in [1.82, 2.24) is 9.80 Å². The van der Waals surface area contributed by atoms with Gasteiger partial charge in [0.05, 0.1) is 0 Å². The molecule has 4 nitrogen and oxygen atoms in total. The molecule has 0 aromatic heterocycles. The number of carbonyl (C=O) groups is 2. The summed E-state index contributed by atoms with van der Waals surface area (Å²) in [5.41, 5.74) is 0. The predicted molar refractivity (Wildman–Crippen MR) is 153 cm³/mol. The van der Waals surface area contributed by atoms with Crippen LogP contribution >= 0.6 is 0 Å². The van der Waals surface area contributed by atoms with Gasteiger partial charge in [0, 0.05) is 37.0 Å². The van der Waals surface area contributed by atoms with E-state index >= 15 is 0 Å². The van der Waals surface area contributed by atoms with E-state index in [9.17, 15) is 9.59 Å². The van der Waals surface area contributed by atoms with Crippen LogP contribution in [0.1, 0.15) is 169 Å². The van der Waals surface area contributed by atoms with Gasteiger partial charge in [-0.2, -0.15) is 0 Å². The van der Waals surface area contributed by atoms with Crippen LogP contribution in [0.2, 0.25) is 0 Å². The van der Waals surface area contributed by atoms with Crippen LogP contribution in [0.25, 0.3) is 0 Å². The molecule has 2 amide bonds. The van der Waals surface area contributed by atoms with Crippen LogP contribution in [-0.4, -0.2) is 45.8 Å². The Hall–Kier alpha value is -1.06. The van der Waals surface area contributed by atoms with E-state index in [0.29, 0.717) is 36.0 Å². The number of unbranched alkanes of at least 4 members (excludes halogenated alkanes) is 9. The van der Waals surface area contributed by atoms with Crippen molar-refractivity contribution in [3.8, 4) is 0 Å². The molecule has 0 spiro atoms. The van der Waals surface area contributed by atoms with E-state index in [0.717, 1.165) is 25.7 Å². The highest BCUT2D eigenvalue weighted by atomic mass is 16.2. The molecule has 2 saturated carbocycles. The minimum atomic E-state index is 0.338. The van der Waals surface area contributed by atoms with Gasteiger partial charge in [-0.25, -0.2) is 0 Å². The molecule has 2 aliphatic carbocycles. The van der Waals surface area contributed by atoms with Gasteiger partial charge >= 0.3 is 0 Å². The molecule has 210 valence electrons. The molecule has 0 aromatic rings. The maximum absolute atomic E-state index is 12.8. The smallest absolute Gasteiger partial charge is 0.223 e. The summed E-state index contributed by atoms with van der Waals surface area (Å²) >= 11 is 0. The standard InChI is InChI=1S/C32H60N2O2/c1-27(2)33(29-21-15-13-16-22-29)31(35)25-19-11-9-7-5-6-8-10-12-20-26-32(36)34(28(3)4)30-23-17-14-18-24-30/h27-30H,5-26H2,1-4H3. The Kier molecular flexibility index (Phi) is 15.8. The molecule has 0 radical (unpaired) electrons. The maximum atomic E-state index is 12.8. The van der Waals surface area contributed by atoms with Crippen LogP contribution in [0, 0.1) is 0 Å². The second-order valence-corrected chi connectivity index (χ2v) is 12.4. The summed E-state index contributed by atoms with van der Waals surface area (Å²) in [5, 5.41) is 0. The molecule has 4 heteroatoms. The quantitative estimate of drug-likeness (QED) is 0.186. The van der Waals surface area contributed by atoms with Crippen molar-refractivity contribution in [3.63, 3.8) is 0 Å². The third kappa shape index (κ3) is 11.5. The number of amides is 2. The van der Waals surface area contributed by atoms with E-state index in [2.05, 4.69) is 37.5 Å². The van der Waals surface area contributed by atoms with Gasteiger partial charge in [0.2, 0.25) is 11.8 Å². The van der Waals surface area contributed by atoms with E-state index in [1.807, 2.05) is 0 Å². The van der Waals surface area contributed by atoms with Crippen LogP contribution in [0.3, 0.4) is 0 Å². The highest BCUT2D eigenvalue weighted by Crippen LogP contribution is 2.26. The molecule has 2 rings (SSSR count). The first-order valence-electron chi connectivity index (χ1n) is 16.0. The van der Waals surface area contributed by atoms with Crippen molar-refractivity contribution < 1.29 is 9.59 Å². The average molecular weight is 505 g/mol. The normalized spacial score (nSPS) is 17.6. The number of carbonyl (C=O) groups excluding carboxylic acids is 2. The molecule has 2 fully saturated rings. The lowest BCUT2D eigenvalue weighted by Gasteiger charge is -2.37. The molecule has 2 aliphatic rings. The second-order valence-electron chi connectivity index (χ2n) is 12.4. The Labute approximate surface area is 224 Å². The molecule has 0 atom stereocenters. The van der Waals surface area contributed by atoms with Gasteiger partial charge in [-0.3, -0.25) is 9.59 Å². The van der Waals surface area contributed by atoms with E-state index < -0.39 is 0 Å². The minimum Gasteiger partial charge on any atom is -0.337 e. The maximum Gasteiger partial charge on any atom is 0.223 e. The van der Waals surface area contributed by atoms with Gasteiger partial charge in [0.1, 0.15) is 0 Å². The first-order chi connectivity index (χ1) is 17.4. The Morgan fingerprint density at radius 3 is 1.06 bits per heavy atom. The van der Waals surface area contributed by atoms with Crippen molar-refractivity contribution in [2.45, 2.75) is 193 Å². The SMILES string of the molecule is CC(C)N(C(=O)CCCCCCCCCCCCC(=O)N(C(C)C)C1CCCCC1)C1CCCCC1. The highest BCUT2D eigenvalue weighted by Gasteiger charge is 2.28. The van der Waals surface area contributed by atoms with E-state index in [-0.39, 0.29) is 0 Å². The number of hydrogen-bond acceptors (Lipinski definition) is 2. The van der Waals surface area contributed by atoms with E-state index in [1.54, 1.807) is 0 Å². The van der Waals surface area contributed by atoms with Gasteiger partial charge in [0.15, 0.2) is 0 Å². The van der Waals surface area contributed by atoms with Gasteiger partial charge < -0.3 is 9.80 Å². The van der Waals surface area contributed by atoms with Crippen molar-refractivity contribution >= 4 is 11.8 Å². The lowest BCUT2D eigenvalue weighted by Crippen LogP contribution is -2.45. The average Bonchev–Trinajstić information content (AvgIpc) is 2.85. The van der Waals surface area contributed by atoms with Gasteiger partial charge in [-0.1, -0.05) is 89.9 Å². The second kappa shape index (κ2) is 18.2. The molecule has 0 saturated heterocycles. The zero-order chi connectivity index (χ0) is 26.2. The highest BCUT2D eigenvalue weighted by molar-refractivity contribution is 5.77. The fraction of sp³-hybridized carbons (Fsp3) is 0.938. The van der Waals surface area contributed by atoms with Crippen LogP contribution < -0.4 is 0 Å². The zero-order valence-corrected chi connectivity index (χ0v) is 24.6. The summed E-state index contributed by atoms with van der Waals surface area (Å²) < 4.78 is 0. The summed E-state index contributed by atoms with van der Waals surface area (Å²) in [6, 6.07) is 1.67. The molecule has 0 aliphatic heterocycles. The van der Waals surface area contributed by atoms with Crippen molar-refractivity contribution in [2.75, 3.05) is 0 Å². The van der Waals surface area contributed by atoms with Crippen molar-refractivity contribution in [3.05, 3.63) is 0 Å². The van der Waals surface area contributed by atoms with Gasteiger partial charge in [-0.05, 0) is 66.2 Å². The summed E-state index contributed by atoms with van der Waals surface area (Å²) in [7, 11) is 0. The van der Waals surface area contributed by atoms with E-state index in [1.165, 1.54) is 116 Å². The number of nitrogens with zero attached hydrogens (tertiary/aromatic N) is 2. The first kappa shape index (κ1) is 31.2. The van der Waals surface area contributed by atoms with Gasteiger partial charge in [-0.15, -0.1) is 0 Å². The summed E-state index contributed by atoms with van der Waals surface area (Å²) in [6.07, 6.45) is 26.4. The van der Waals surface area contributed by atoms with Crippen LogP contribution in [0.15, 0.2) is 0 Å². The van der Waals surface area contributed by atoms with Crippen LogP contribution in [-0.2, 0) is 9.59 Å². The molecular formula is C32H60N2O2. The molecular weight excluding hydrogens is 444 g/mol.